The van der Waals surface area contributed by atoms with Crippen LogP contribution in [-0.4, -0.2) is 23.9 Å². The van der Waals surface area contributed by atoms with E-state index in [9.17, 15) is 4.79 Å². The van der Waals surface area contributed by atoms with Crippen LogP contribution in [0.4, 0.5) is 0 Å². The molecule has 0 radical (unpaired) electrons. The van der Waals surface area contributed by atoms with Crippen molar-refractivity contribution in [3.8, 4) is 0 Å². The zero-order valence-corrected chi connectivity index (χ0v) is 10.8. The van der Waals surface area contributed by atoms with Crippen LogP contribution in [-0.2, 0) is 0 Å². The minimum Gasteiger partial charge on any atom is -0.338 e. The summed E-state index contributed by atoms with van der Waals surface area (Å²) in [6.45, 7) is 1.94. The summed E-state index contributed by atoms with van der Waals surface area (Å²) in [5.74, 6) is 1.87. The van der Waals surface area contributed by atoms with Gasteiger partial charge in [-0.2, -0.15) is 0 Å². The van der Waals surface area contributed by atoms with Gasteiger partial charge in [0.2, 0.25) is 0 Å². The van der Waals surface area contributed by atoms with Gasteiger partial charge in [0.15, 0.2) is 0 Å². The molecule has 1 aromatic rings. The molecule has 0 spiro atoms. The summed E-state index contributed by atoms with van der Waals surface area (Å²) in [5.41, 5.74) is 0.840. The molecule has 2 atom stereocenters. The van der Waals surface area contributed by atoms with Crippen molar-refractivity contribution in [2.75, 3.05) is 13.1 Å². The van der Waals surface area contributed by atoms with Crippen molar-refractivity contribution in [2.24, 2.45) is 11.8 Å². The van der Waals surface area contributed by atoms with Crippen molar-refractivity contribution in [1.29, 1.82) is 0 Å². The molecule has 1 saturated carbocycles. The Morgan fingerprint density at radius 1 is 1.00 bits per heavy atom. The van der Waals surface area contributed by atoms with Gasteiger partial charge < -0.3 is 4.90 Å². The summed E-state index contributed by atoms with van der Waals surface area (Å²) in [6, 6.07) is 9.70. The maximum absolute atomic E-state index is 12.4. The second-order valence-corrected chi connectivity index (χ2v) is 5.71. The van der Waals surface area contributed by atoms with E-state index in [1.165, 1.54) is 32.1 Å². The molecule has 18 heavy (non-hydrogen) atoms. The van der Waals surface area contributed by atoms with E-state index in [0.717, 1.165) is 30.5 Å². The first-order valence-corrected chi connectivity index (χ1v) is 7.19. The van der Waals surface area contributed by atoms with E-state index in [1.807, 2.05) is 30.3 Å². The van der Waals surface area contributed by atoms with Crippen LogP contribution in [0.5, 0.6) is 0 Å². The normalized spacial score (nSPS) is 27.7. The first-order valence-electron chi connectivity index (χ1n) is 7.19. The maximum atomic E-state index is 12.4. The quantitative estimate of drug-likeness (QED) is 0.741. The summed E-state index contributed by atoms with van der Waals surface area (Å²) in [4.78, 5) is 14.5. The Bertz CT molecular complexity index is 414. The van der Waals surface area contributed by atoms with Crippen LogP contribution in [0.1, 0.15) is 42.5 Å². The lowest BCUT2D eigenvalue weighted by Crippen LogP contribution is -2.44. The third-order valence-corrected chi connectivity index (χ3v) is 4.60. The number of amides is 1. The average Bonchev–Trinajstić information content (AvgIpc) is 2.47. The lowest BCUT2D eigenvalue weighted by atomic mass is 9.75. The van der Waals surface area contributed by atoms with E-state index in [2.05, 4.69) is 4.90 Å². The van der Waals surface area contributed by atoms with Crippen molar-refractivity contribution in [3.63, 3.8) is 0 Å². The second-order valence-electron chi connectivity index (χ2n) is 5.71. The molecule has 2 fully saturated rings. The van der Waals surface area contributed by atoms with Crippen LogP contribution in [0.3, 0.4) is 0 Å². The van der Waals surface area contributed by atoms with Gasteiger partial charge in [-0.3, -0.25) is 4.79 Å². The number of carbonyl (C=O) groups is 1. The number of fused-ring (bicyclic) bond motifs is 1. The molecule has 2 nitrogen and oxygen atoms in total. The van der Waals surface area contributed by atoms with Crippen molar-refractivity contribution < 1.29 is 4.79 Å². The number of hydrogen-bond acceptors (Lipinski definition) is 1. The maximum Gasteiger partial charge on any atom is 0.253 e. The van der Waals surface area contributed by atoms with E-state index in [0.29, 0.717) is 0 Å². The van der Waals surface area contributed by atoms with Gasteiger partial charge in [0.25, 0.3) is 5.91 Å². The van der Waals surface area contributed by atoms with Crippen LogP contribution in [0.15, 0.2) is 30.3 Å². The number of rotatable bonds is 1. The summed E-state index contributed by atoms with van der Waals surface area (Å²) < 4.78 is 0. The minimum atomic E-state index is 0.222. The zero-order chi connectivity index (χ0) is 12.4. The number of benzene rings is 1. The monoisotopic (exact) mass is 243 g/mol. The molecule has 1 heterocycles. The Labute approximate surface area is 109 Å². The molecule has 3 rings (SSSR count). The summed E-state index contributed by atoms with van der Waals surface area (Å²) in [6.07, 6.45) is 6.67. The zero-order valence-electron chi connectivity index (χ0n) is 10.8. The van der Waals surface area contributed by atoms with Gasteiger partial charge in [0, 0.05) is 18.7 Å². The Balaban J connectivity index is 1.69. The third-order valence-electron chi connectivity index (χ3n) is 4.60. The molecular formula is C16H21NO. The molecule has 2 aliphatic rings. The van der Waals surface area contributed by atoms with Gasteiger partial charge in [0.1, 0.15) is 0 Å². The average molecular weight is 243 g/mol. The first kappa shape index (κ1) is 11.8. The van der Waals surface area contributed by atoms with Gasteiger partial charge in [-0.15, -0.1) is 0 Å². The molecule has 96 valence electrons. The van der Waals surface area contributed by atoms with E-state index >= 15 is 0 Å². The van der Waals surface area contributed by atoms with Crippen LogP contribution >= 0.6 is 0 Å². The van der Waals surface area contributed by atoms with Crippen molar-refractivity contribution in [2.45, 2.75) is 32.1 Å². The predicted octanol–water partition coefficient (Wildman–Crippen LogP) is 3.34. The molecule has 0 N–H and O–H groups in total. The lowest BCUT2D eigenvalue weighted by molar-refractivity contribution is 0.0521. The Morgan fingerprint density at radius 2 is 1.72 bits per heavy atom. The fourth-order valence-electron chi connectivity index (χ4n) is 3.55. The molecule has 2 unspecified atom stereocenters. The Hall–Kier alpha value is -1.31. The second kappa shape index (κ2) is 5.13. The topological polar surface area (TPSA) is 20.3 Å². The van der Waals surface area contributed by atoms with E-state index in [4.69, 9.17) is 0 Å². The Morgan fingerprint density at radius 3 is 2.50 bits per heavy atom. The van der Waals surface area contributed by atoms with E-state index < -0.39 is 0 Å². The van der Waals surface area contributed by atoms with Crippen molar-refractivity contribution >= 4 is 5.91 Å². The molecular weight excluding hydrogens is 222 g/mol. The first-order chi connectivity index (χ1) is 8.84. The molecule has 0 aromatic heterocycles. The SMILES string of the molecule is O=C(c1ccccc1)N1CCC2CCCCC2C1. The minimum absolute atomic E-state index is 0.222. The summed E-state index contributed by atoms with van der Waals surface area (Å²) in [7, 11) is 0. The molecule has 0 bridgehead atoms. The van der Waals surface area contributed by atoms with E-state index in [1.54, 1.807) is 0 Å². The van der Waals surface area contributed by atoms with Crippen LogP contribution < -0.4 is 0 Å². The Kier molecular flexibility index (Phi) is 3.35. The molecule has 1 amide bonds. The smallest absolute Gasteiger partial charge is 0.253 e. The number of piperidine rings is 1. The molecule has 2 heteroatoms. The third kappa shape index (κ3) is 2.29. The van der Waals surface area contributed by atoms with Gasteiger partial charge in [-0.05, 0) is 36.8 Å². The van der Waals surface area contributed by atoms with Gasteiger partial charge in [0.05, 0.1) is 0 Å². The summed E-state index contributed by atoms with van der Waals surface area (Å²) in [5, 5.41) is 0. The highest BCUT2D eigenvalue weighted by Crippen LogP contribution is 2.36. The highest BCUT2D eigenvalue weighted by atomic mass is 16.2. The summed E-state index contributed by atoms with van der Waals surface area (Å²) >= 11 is 0. The number of carbonyl (C=O) groups excluding carboxylic acids is 1. The van der Waals surface area contributed by atoms with Crippen LogP contribution in [0, 0.1) is 11.8 Å². The highest BCUT2D eigenvalue weighted by Gasteiger charge is 2.32. The van der Waals surface area contributed by atoms with E-state index in [-0.39, 0.29) is 5.91 Å². The van der Waals surface area contributed by atoms with Crippen molar-refractivity contribution in [1.82, 2.24) is 4.90 Å². The van der Waals surface area contributed by atoms with Gasteiger partial charge in [-0.1, -0.05) is 37.5 Å². The molecule has 1 aliphatic carbocycles. The fourth-order valence-corrected chi connectivity index (χ4v) is 3.55. The predicted molar refractivity (Wildman–Crippen MR) is 72.4 cm³/mol. The number of likely N-dealkylation sites (tertiary alicyclic amines) is 1. The van der Waals surface area contributed by atoms with Gasteiger partial charge in [-0.25, -0.2) is 0 Å². The van der Waals surface area contributed by atoms with Crippen molar-refractivity contribution in [3.05, 3.63) is 35.9 Å². The number of nitrogens with zero attached hydrogens (tertiary/aromatic N) is 1. The number of hydrogen-bond donors (Lipinski definition) is 0. The standard InChI is InChI=1S/C16H21NO/c18-16(14-7-2-1-3-8-14)17-11-10-13-6-4-5-9-15(13)12-17/h1-3,7-8,13,15H,4-6,9-12H2. The van der Waals surface area contributed by atoms with Crippen LogP contribution in [0.2, 0.25) is 0 Å². The largest absolute Gasteiger partial charge is 0.338 e. The van der Waals surface area contributed by atoms with Crippen LogP contribution in [0.25, 0.3) is 0 Å². The molecule has 1 aromatic carbocycles. The molecule has 1 aliphatic heterocycles. The fraction of sp³-hybridized carbons (Fsp3) is 0.562. The lowest BCUT2D eigenvalue weighted by Gasteiger charge is -2.41. The molecule has 1 saturated heterocycles. The highest BCUT2D eigenvalue weighted by molar-refractivity contribution is 5.94. The van der Waals surface area contributed by atoms with Gasteiger partial charge >= 0.3 is 0 Å².